The summed E-state index contributed by atoms with van der Waals surface area (Å²) in [7, 11) is 12.9. The van der Waals surface area contributed by atoms with Crippen LogP contribution in [0.25, 0.3) is 0 Å². The molecule has 2 fully saturated rings. The van der Waals surface area contributed by atoms with Crippen molar-refractivity contribution in [3.8, 4) is 0 Å². The lowest BCUT2D eigenvalue weighted by Gasteiger charge is -2.26. The van der Waals surface area contributed by atoms with Crippen molar-refractivity contribution in [2.45, 2.75) is 78.4 Å². The Morgan fingerprint density at radius 3 is 1.24 bits per heavy atom. The fourth-order valence-corrected chi connectivity index (χ4v) is 8.07. The van der Waals surface area contributed by atoms with E-state index in [0.717, 1.165) is 45.9 Å². The van der Waals surface area contributed by atoms with Crippen LogP contribution in [-0.4, -0.2) is 121 Å². The van der Waals surface area contributed by atoms with Crippen molar-refractivity contribution in [2.24, 2.45) is 0 Å². The highest BCUT2D eigenvalue weighted by atomic mass is 16.5. The number of ether oxygens (including phenoxy) is 1. The highest BCUT2D eigenvalue weighted by Gasteiger charge is 2.15. The van der Waals surface area contributed by atoms with Gasteiger partial charge < -0.3 is 29.2 Å². The molecule has 58 heavy (non-hydrogen) atoms. The molecular weight excluding hydrogens is 713 g/mol. The first kappa shape index (κ1) is 47.0. The van der Waals surface area contributed by atoms with E-state index in [2.05, 4.69) is 169 Å². The normalized spacial score (nSPS) is 18.3. The number of aryl methyl sites for hydroxylation is 1. The highest BCUT2D eigenvalue weighted by molar-refractivity contribution is 5.57. The van der Waals surface area contributed by atoms with E-state index in [1.807, 2.05) is 13.8 Å². The Bertz CT molecular complexity index is 1660. The summed E-state index contributed by atoms with van der Waals surface area (Å²) in [6, 6.07) is 34.6. The summed E-state index contributed by atoms with van der Waals surface area (Å²) in [5, 5.41) is 0. The van der Waals surface area contributed by atoms with Crippen LogP contribution < -0.4 is 9.80 Å². The Morgan fingerprint density at radius 1 is 0.345 bits per heavy atom. The Morgan fingerprint density at radius 2 is 0.759 bits per heavy atom. The van der Waals surface area contributed by atoms with Crippen LogP contribution in [0.15, 0.2) is 97.1 Å². The first-order valence-electron chi connectivity index (χ1n) is 22.3. The molecule has 0 spiro atoms. The van der Waals surface area contributed by atoms with Crippen LogP contribution >= 0.6 is 0 Å². The second-order valence-corrected chi connectivity index (χ2v) is 16.4. The van der Waals surface area contributed by atoms with E-state index in [4.69, 9.17) is 4.74 Å². The maximum Gasteiger partial charge on any atom is 0.0594 e. The minimum Gasteiger partial charge on any atom is -0.379 e. The van der Waals surface area contributed by atoms with Gasteiger partial charge in [0.25, 0.3) is 0 Å². The maximum atomic E-state index is 5.10. The molecule has 2 saturated heterocycles. The molecule has 6 aliphatic rings. The quantitative estimate of drug-likeness (QED) is 0.176. The van der Waals surface area contributed by atoms with E-state index in [1.165, 1.54) is 122 Å². The Labute approximate surface area is 354 Å². The van der Waals surface area contributed by atoms with Gasteiger partial charge in [-0.2, -0.15) is 0 Å². The zero-order chi connectivity index (χ0) is 41.5. The number of piperidine rings is 1. The average molecular weight is 791 g/mol. The van der Waals surface area contributed by atoms with E-state index < -0.39 is 0 Å². The number of hydrogen-bond acceptors (Lipinski definition) is 7. The van der Waals surface area contributed by atoms with Gasteiger partial charge in [0.2, 0.25) is 0 Å². The predicted octanol–water partition coefficient (Wildman–Crippen LogP) is 9.13. The molecular formula is C51H78N6O. The van der Waals surface area contributed by atoms with E-state index in [-0.39, 0.29) is 0 Å². The van der Waals surface area contributed by atoms with Gasteiger partial charge >= 0.3 is 0 Å². The standard InChI is InChI=1S/2C10H13N.2C9H11N.C6H13N.C5H11NO.C2H6/c1-11-8-4-6-9-5-2-3-7-10(9)11;1-11-7-6-9-4-2-3-5-10(9)8-11;1-10-6-8-4-2-3-5-9(8)7-10;1-10-7-6-8-4-2-3-5-9(8)10;1-7-5-3-2-4-6-7;1-6-2-4-7-5-3-6;1-2/h2-3,5,7H,4,6,8H2,1H3;2-5H,6-8H2,1H3;2*2-5H,6-7H2,1H3;2-6H2,1H3;2-5H2,1H3;1-2H3. The summed E-state index contributed by atoms with van der Waals surface area (Å²) in [5.41, 5.74) is 11.8. The number of hydrogen-bond donors (Lipinski definition) is 0. The second kappa shape index (κ2) is 26.4. The number of nitrogens with zero attached hydrogens (tertiary/aromatic N) is 6. The summed E-state index contributed by atoms with van der Waals surface area (Å²) in [4.78, 5) is 14.0. The van der Waals surface area contributed by atoms with Crippen LogP contribution in [0.4, 0.5) is 11.4 Å². The molecule has 7 heteroatoms. The third-order valence-electron chi connectivity index (χ3n) is 11.6. The molecule has 318 valence electrons. The van der Waals surface area contributed by atoms with Crippen molar-refractivity contribution in [1.29, 1.82) is 0 Å². The van der Waals surface area contributed by atoms with Crippen molar-refractivity contribution in [3.05, 3.63) is 130 Å². The smallest absolute Gasteiger partial charge is 0.0594 e. The molecule has 0 radical (unpaired) electrons. The van der Waals surface area contributed by atoms with Crippen molar-refractivity contribution in [2.75, 3.05) is 111 Å². The van der Waals surface area contributed by atoms with Crippen LogP contribution in [0.2, 0.25) is 0 Å². The number of morpholine rings is 1. The minimum absolute atomic E-state index is 0.913. The summed E-state index contributed by atoms with van der Waals surface area (Å²) < 4.78 is 5.10. The molecule has 0 saturated carbocycles. The minimum atomic E-state index is 0.913. The summed E-state index contributed by atoms with van der Waals surface area (Å²) in [5.74, 6) is 0. The van der Waals surface area contributed by atoms with Gasteiger partial charge in [0, 0.05) is 77.8 Å². The number of likely N-dealkylation sites (N-methyl/N-ethyl adjacent to an activating group) is 3. The number of fused-ring (bicyclic) bond motifs is 4. The van der Waals surface area contributed by atoms with E-state index in [1.54, 1.807) is 0 Å². The molecule has 0 aromatic heterocycles. The van der Waals surface area contributed by atoms with Crippen LogP contribution in [0, 0.1) is 0 Å². The molecule has 7 nitrogen and oxygen atoms in total. The van der Waals surface area contributed by atoms with Gasteiger partial charge in [-0.05, 0) is 125 Å². The van der Waals surface area contributed by atoms with E-state index in [9.17, 15) is 0 Å². The fraction of sp³-hybridized carbons (Fsp3) is 0.529. The largest absolute Gasteiger partial charge is 0.379 e. The van der Waals surface area contributed by atoms with Crippen molar-refractivity contribution in [3.63, 3.8) is 0 Å². The molecule has 0 aliphatic carbocycles. The Balaban J connectivity index is 0.000000154. The predicted molar refractivity (Wildman–Crippen MR) is 251 cm³/mol. The summed E-state index contributed by atoms with van der Waals surface area (Å²) in [6.07, 6.45) is 9.25. The Kier molecular flexibility index (Phi) is 21.4. The van der Waals surface area contributed by atoms with Crippen LogP contribution in [0.5, 0.6) is 0 Å². The third kappa shape index (κ3) is 16.1. The van der Waals surface area contributed by atoms with Gasteiger partial charge in [0.05, 0.1) is 13.2 Å². The van der Waals surface area contributed by atoms with Crippen LogP contribution in [-0.2, 0) is 43.6 Å². The van der Waals surface area contributed by atoms with Crippen molar-refractivity contribution < 1.29 is 4.74 Å². The van der Waals surface area contributed by atoms with E-state index >= 15 is 0 Å². The zero-order valence-corrected chi connectivity index (χ0v) is 37.8. The molecule has 4 aromatic carbocycles. The lowest BCUT2D eigenvalue weighted by atomic mass is 10.0. The van der Waals surface area contributed by atoms with Gasteiger partial charge in [-0.15, -0.1) is 0 Å². The number of para-hydroxylation sites is 2. The first-order valence-corrected chi connectivity index (χ1v) is 22.3. The Hall–Kier alpha value is -3.72. The SMILES string of the molecule is CC.CN1CCCCC1.CN1CCCc2ccccc21.CN1CCOCC1.CN1CCc2ccccc21.CN1CCc2ccccc2C1.CN1Cc2ccccc2C1. The summed E-state index contributed by atoms with van der Waals surface area (Å²) in [6.45, 7) is 17.6. The number of benzene rings is 4. The maximum absolute atomic E-state index is 5.10. The molecule has 0 atom stereocenters. The molecule has 0 N–H and O–H groups in total. The first-order chi connectivity index (χ1) is 28.3. The monoisotopic (exact) mass is 791 g/mol. The molecule has 6 heterocycles. The van der Waals surface area contributed by atoms with Gasteiger partial charge in [-0.25, -0.2) is 0 Å². The molecule has 6 aliphatic heterocycles. The van der Waals surface area contributed by atoms with Gasteiger partial charge in [-0.3, -0.25) is 4.90 Å². The molecule has 4 aromatic rings. The third-order valence-corrected chi connectivity index (χ3v) is 11.6. The van der Waals surface area contributed by atoms with Gasteiger partial charge in [0.15, 0.2) is 0 Å². The molecule has 0 unspecified atom stereocenters. The van der Waals surface area contributed by atoms with E-state index in [0.29, 0.717) is 0 Å². The van der Waals surface area contributed by atoms with Crippen molar-refractivity contribution >= 4 is 11.4 Å². The number of rotatable bonds is 0. The topological polar surface area (TPSA) is 28.7 Å². The highest BCUT2D eigenvalue weighted by Crippen LogP contribution is 2.26. The average Bonchev–Trinajstić information content (AvgIpc) is 3.84. The van der Waals surface area contributed by atoms with Crippen LogP contribution in [0.3, 0.4) is 0 Å². The lowest BCUT2D eigenvalue weighted by Crippen LogP contribution is -2.32. The fourth-order valence-electron chi connectivity index (χ4n) is 8.07. The van der Waals surface area contributed by atoms with Gasteiger partial charge in [-0.1, -0.05) is 105 Å². The second-order valence-electron chi connectivity index (χ2n) is 16.4. The van der Waals surface area contributed by atoms with Crippen LogP contribution in [0.1, 0.15) is 72.9 Å². The van der Waals surface area contributed by atoms with Crippen molar-refractivity contribution in [1.82, 2.24) is 19.6 Å². The molecule has 10 rings (SSSR count). The molecule has 0 bridgehead atoms. The summed E-state index contributed by atoms with van der Waals surface area (Å²) >= 11 is 0. The van der Waals surface area contributed by atoms with Gasteiger partial charge in [0.1, 0.15) is 0 Å². The molecule has 0 amide bonds. The number of likely N-dealkylation sites (tertiary alicyclic amines) is 1. The lowest BCUT2D eigenvalue weighted by molar-refractivity contribution is 0.0503. The zero-order valence-electron chi connectivity index (χ0n) is 37.8. The number of anilines is 2.